The van der Waals surface area contributed by atoms with Crippen molar-refractivity contribution in [1.29, 1.82) is 0 Å². The summed E-state index contributed by atoms with van der Waals surface area (Å²) < 4.78 is 11.3. The SMILES string of the molecule is CN(C)CC1CCCCC1NC(=O)c1ccc(COc2ccccc2Cl)o1. The van der Waals surface area contributed by atoms with Crippen LogP contribution in [0.5, 0.6) is 5.75 Å². The molecule has 27 heavy (non-hydrogen) atoms. The lowest BCUT2D eigenvalue weighted by molar-refractivity contribution is 0.0863. The van der Waals surface area contributed by atoms with Gasteiger partial charge in [-0.1, -0.05) is 36.6 Å². The quantitative estimate of drug-likeness (QED) is 0.763. The lowest BCUT2D eigenvalue weighted by Gasteiger charge is -2.33. The monoisotopic (exact) mass is 390 g/mol. The maximum atomic E-state index is 12.6. The predicted octanol–water partition coefficient (Wildman–Crippen LogP) is 4.36. The Bertz CT molecular complexity index is 759. The van der Waals surface area contributed by atoms with Crippen LogP contribution in [-0.4, -0.2) is 37.5 Å². The van der Waals surface area contributed by atoms with Crippen LogP contribution in [0.1, 0.15) is 42.0 Å². The van der Waals surface area contributed by atoms with Crippen molar-refractivity contribution >= 4 is 17.5 Å². The molecule has 0 saturated heterocycles. The summed E-state index contributed by atoms with van der Waals surface area (Å²) in [4.78, 5) is 14.8. The molecule has 1 aromatic heterocycles. The van der Waals surface area contributed by atoms with Crippen LogP contribution < -0.4 is 10.1 Å². The van der Waals surface area contributed by atoms with Crippen molar-refractivity contribution in [2.75, 3.05) is 20.6 Å². The van der Waals surface area contributed by atoms with E-state index in [4.69, 9.17) is 20.8 Å². The van der Waals surface area contributed by atoms with Gasteiger partial charge in [0.25, 0.3) is 5.91 Å². The average Bonchev–Trinajstić information content (AvgIpc) is 3.11. The van der Waals surface area contributed by atoms with Gasteiger partial charge in [-0.05, 0) is 57.1 Å². The first-order valence-corrected chi connectivity index (χ1v) is 9.82. The van der Waals surface area contributed by atoms with E-state index >= 15 is 0 Å². The van der Waals surface area contributed by atoms with Gasteiger partial charge in [-0.15, -0.1) is 0 Å². The van der Waals surface area contributed by atoms with Crippen molar-refractivity contribution in [1.82, 2.24) is 10.2 Å². The van der Waals surface area contributed by atoms with Crippen molar-refractivity contribution < 1.29 is 13.9 Å². The van der Waals surface area contributed by atoms with Crippen LogP contribution in [0.3, 0.4) is 0 Å². The topological polar surface area (TPSA) is 54.7 Å². The standard InChI is InChI=1S/C21H27ClN2O3/c1-24(2)13-15-7-3-5-9-18(15)23-21(25)20-12-11-16(27-20)14-26-19-10-6-4-8-17(19)22/h4,6,8,10-12,15,18H,3,5,7,9,13-14H2,1-2H3,(H,23,25). The summed E-state index contributed by atoms with van der Waals surface area (Å²) in [5.74, 6) is 1.83. The van der Waals surface area contributed by atoms with E-state index in [9.17, 15) is 4.79 Å². The van der Waals surface area contributed by atoms with Crippen molar-refractivity contribution in [3.8, 4) is 5.75 Å². The third kappa shape index (κ3) is 5.50. The molecule has 1 heterocycles. The molecule has 1 N–H and O–H groups in total. The van der Waals surface area contributed by atoms with Crippen molar-refractivity contribution in [2.45, 2.75) is 38.3 Å². The van der Waals surface area contributed by atoms with E-state index in [0.717, 1.165) is 25.8 Å². The fraction of sp³-hybridized carbons (Fsp3) is 0.476. The molecule has 146 valence electrons. The van der Waals surface area contributed by atoms with E-state index in [1.807, 2.05) is 12.1 Å². The highest BCUT2D eigenvalue weighted by Crippen LogP contribution is 2.26. The minimum Gasteiger partial charge on any atom is -0.484 e. The van der Waals surface area contributed by atoms with E-state index in [1.165, 1.54) is 6.42 Å². The average molecular weight is 391 g/mol. The molecule has 0 bridgehead atoms. The van der Waals surface area contributed by atoms with E-state index < -0.39 is 0 Å². The minimum atomic E-state index is -0.158. The number of ether oxygens (including phenoxy) is 1. The maximum absolute atomic E-state index is 12.6. The van der Waals surface area contributed by atoms with E-state index in [1.54, 1.807) is 24.3 Å². The number of furan rings is 1. The second-order valence-electron chi connectivity index (χ2n) is 7.37. The van der Waals surface area contributed by atoms with Gasteiger partial charge >= 0.3 is 0 Å². The number of rotatable bonds is 7. The molecular formula is C21H27ClN2O3. The number of halogens is 1. The second-order valence-corrected chi connectivity index (χ2v) is 7.78. The molecule has 2 aromatic rings. The molecule has 3 rings (SSSR count). The number of carbonyl (C=O) groups is 1. The summed E-state index contributed by atoms with van der Waals surface area (Å²) in [5, 5.41) is 3.71. The summed E-state index contributed by atoms with van der Waals surface area (Å²) in [5.41, 5.74) is 0. The highest BCUT2D eigenvalue weighted by molar-refractivity contribution is 6.32. The van der Waals surface area contributed by atoms with Crippen LogP contribution in [0, 0.1) is 5.92 Å². The Kier molecular flexibility index (Phi) is 6.80. The number of hydrogen-bond donors (Lipinski definition) is 1. The summed E-state index contributed by atoms with van der Waals surface area (Å²) in [6.45, 7) is 1.21. The Morgan fingerprint density at radius 3 is 2.78 bits per heavy atom. The summed E-state index contributed by atoms with van der Waals surface area (Å²) >= 11 is 6.08. The minimum absolute atomic E-state index is 0.158. The maximum Gasteiger partial charge on any atom is 0.287 e. The third-order valence-corrected chi connectivity index (χ3v) is 5.23. The van der Waals surface area contributed by atoms with Gasteiger partial charge in [-0.25, -0.2) is 0 Å². The van der Waals surface area contributed by atoms with Crippen LogP contribution in [0.25, 0.3) is 0 Å². The van der Waals surface area contributed by atoms with Crippen molar-refractivity contribution in [3.05, 3.63) is 52.9 Å². The summed E-state index contributed by atoms with van der Waals surface area (Å²) in [7, 11) is 4.15. The Morgan fingerprint density at radius 1 is 1.22 bits per heavy atom. The van der Waals surface area contributed by atoms with Crippen LogP contribution in [0.15, 0.2) is 40.8 Å². The number of benzene rings is 1. The van der Waals surface area contributed by atoms with Crippen molar-refractivity contribution in [3.63, 3.8) is 0 Å². The third-order valence-electron chi connectivity index (χ3n) is 4.92. The van der Waals surface area contributed by atoms with Crippen LogP contribution in [-0.2, 0) is 6.61 Å². The molecule has 6 heteroatoms. The second kappa shape index (κ2) is 9.29. The number of nitrogens with zero attached hydrogens (tertiary/aromatic N) is 1. The zero-order chi connectivity index (χ0) is 19.2. The van der Waals surface area contributed by atoms with Gasteiger partial charge in [-0.3, -0.25) is 4.79 Å². The Balaban J connectivity index is 1.57. The van der Waals surface area contributed by atoms with Gasteiger partial charge in [0.1, 0.15) is 18.1 Å². The van der Waals surface area contributed by atoms with Crippen LogP contribution in [0.2, 0.25) is 5.02 Å². The van der Waals surface area contributed by atoms with Crippen LogP contribution in [0.4, 0.5) is 0 Å². The molecule has 1 fully saturated rings. The molecule has 1 amide bonds. The molecule has 1 aliphatic rings. The normalized spacial score (nSPS) is 19.9. The van der Waals surface area contributed by atoms with Gasteiger partial charge in [0, 0.05) is 12.6 Å². The first-order chi connectivity index (χ1) is 13.0. The first-order valence-electron chi connectivity index (χ1n) is 9.44. The molecule has 0 spiro atoms. The number of amides is 1. The zero-order valence-electron chi connectivity index (χ0n) is 15.9. The molecule has 1 aromatic carbocycles. The van der Waals surface area contributed by atoms with Crippen LogP contribution >= 0.6 is 11.6 Å². The molecule has 2 unspecified atom stereocenters. The number of para-hydroxylation sites is 1. The van der Waals surface area contributed by atoms with E-state index in [0.29, 0.717) is 28.2 Å². The lowest BCUT2D eigenvalue weighted by atomic mass is 9.84. The Morgan fingerprint density at radius 2 is 2.00 bits per heavy atom. The number of hydrogen-bond acceptors (Lipinski definition) is 4. The van der Waals surface area contributed by atoms with Gasteiger partial charge in [0.2, 0.25) is 0 Å². The number of carbonyl (C=O) groups excluding carboxylic acids is 1. The largest absolute Gasteiger partial charge is 0.484 e. The highest BCUT2D eigenvalue weighted by atomic mass is 35.5. The molecule has 2 atom stereocenters. The fourth-order valence-corrected chi connectivity index (χ4v) is 3.80. The molecule has 1 saturated carbocycles. The van der Waals surface area contributed by atoms with Gasteiger partial charge in [-0.2, -0.15) is 0 Å². The van der Waals surface area contributed by atoms with Gasteiger partial charge in [0.15, 0.2) is 5.76 Å². The lowest BCUT2D eigenvalue weighted by Crippen LogP contribution is -2.45. The van der Waals surface area contributed by atoms with Gasteiger partial charge < -0.3 is 19.4 Å². The zero-order valence-corrected chi connectivity index (χ0v) is 16.7. The summed E-state index contributed by atoms with van der Waals surface area (Å²) in [6.07, 6.45) is 4.56. The van der Waals surface area contributed by atoms with E-state index in [2.05, 4.69) is 24.3 Å². The fourth-order valence-electron chi connectivity index (χ4n) is 3.61. The highest BCUT2D eigenvalue weighted by Gasteiger charge is 2.28. The molecule has 5 nitrogen and oxygen atoms in total. The predicted molar refractivity (Wildman–Crippen MR) is 106 cm³/mol. The number of nitrogens with one attached hydrogen (secondary N) is 1. The molecule has 0 radical (unpaired) electrons. The first kappa shape index (κ1) is 19.8. The summed E-state index contributed by atoms with van der Waals surface area (Å²) in [6, 6.07) is 10.9. The molecular weight excluding hydrogens is 364 g/mol. The molecule has 0 aliphatic heterocycles. The Hall–Kier alpha value is -1.98. The smallest absolute Gasteiger partial charge is 0.287 e. The van der Waals surface area contributed by atoms with Crippen molar-refractivity contribution in [2.24, 2.45) is 5.92 Å². The molecule has 1 aliphatic carbocycles. The van der Waals surface area contributed by atoms with E-state index in [-0.39, 0.29) is 18.6 Å². The Labute approximate surface area is 165 Å². The van der Waals surface area contributed by atoms with Gasteiger partial charge in [0.05, 0.1) is 5.02 Å².